The van der Waals surface area contributed by atoms with E-state index in [0.717, 1.165) is 5.69 Å². The number of hydrogen-bond donors (Lipinski definition) is 5. The normalized spacial score (nSPS) is 10.9. The average Bonchev–Trinajstić information content (AvgIpc) is 2.90. The van der Waals surface area contributed by atoms with E-state index in [-0.39, 0.29) is 13.1 Å². The lowest BCUT2D eigenvalue weighted by Gasteiger charge is -2.30. The Hall–Kier alpha value is -4.65. The smallest absolute Gasteiger partial charge is 0.267 e. The van der Waals surface area contributed by atoms with Crippen molar-refractivity contribution in [2.75, 3.05) is 23.3 Å². The van der Waals surface area contributed by atoms with Gasteiger partial charge in [0.05, 0.1) is 6.54 Å². The van der Waals surface area contributed by atoms with Crippen molar-refractivity contribution in [3.05, 3.63) is 95.6 Å². The molecule has 3 aromatic rings. The molecule has 0 saturated heterocycles. The van der Waals surface area contributed by atoms with Gasteiger partial charge < -0.3 is 16.8 Å². The molecule has 7 N–H and O–H groups in total. The van der Waals surface area contributed by atoms with Gasteiger partial charge in [-0.15, -0.1) is 0 Å². The number of rotatable bonds is 8. The first-order chi connectivity index (χ1) is 16.9. The van der Waals surface area contributed by atoms with Crippen LogP contribution in [-0.2, 0) is 9.59 Å². The number of carbonyl (C=O) groups excluding carboxylic acids is 3. The van der Waals surface area contributed by atoms with E-state index in [1.54, 1.807) is 54.0 Å². The molecule has 0 aliphatic carbocycles. The molecule has 0 aromatic heterocycles. The number of para-hydroxylation sites is 1. The van der Waals surface area contributed by atoms with E-state index in [2.05, 4.69) is 17.2 Å². The van der Waals surface area contributed by atoms with Crippen LogP contribution in [0.5, 0.6) is 0 Å². The molecule has 0 spiro atoms. The summed E-state index contributed by atoms with van der Waals surface area (Å²) in [6, 6.07) is 21.3. The number of benzene rings is 3. The Morgan fingerprint density at radius 2 is 1.46 bits per heavy atom. The first-order valence-corrected chi connectivity index (χ1v) is 10.7. The van der Waals surface area contributed by atoms with Gasteiger partial charge in [0.2, 0.25) is 11.8 Å². The van der Waals surface area contributed by atoms with Crippen LogP contribution in [0.25, 0.3) is 0 Å². The highest BCUT2D eigenvalue weighted by atomic mass is 16.5. The van der Waals surface area contributed by atoms with Gasteiger partial charge in [-0.1, -0.05) is 30.0 Å². The molecule has 0 radical (unpaired) electrons. The third-order valence-electron chi connectivity index (χ3n) is 5.10. The molecule has 1 atom stereocenters. The van der Waals surface area contributed by atoms with Gasteiger partial charge in [0, 0.05) is 34.6 Å². The molecule has 3 rings (SSSR count). The quantitative estimate of drug-likeness (QED) is 0.191. The van der Waals surface area contributed by atoms with Crippen LogP contribution in [0.1, 0.15) is 21.5 Å². The lowest BCUT2D eigenvalue weighted by atomic mass is 10.1. The van der Waals surface area contributed by atoms with E-state index in [0.29, 0.717) is 22.4 Å². The van der Waals surface area contributed by atoms with Crippen LogP contribution in [0.4, 0.5) is 11.4 Å². The number of nitrogens with one attached hydrogen (secondary N) is 2. The lowest BCUT2D eigenvalue weighted by Crippen LogP contribution is -2.54. The van der Waals surface area contributed by atoms with Crippen LogP contribution >= 0.6 is 0 Å². The Morgan fingerprint density at radius 1 is 0.886 bits per heavy atom. The Kier molecular flexibility index (Phi) is 8.56. The maximum Gasteiger partial charge on any atom is 0.267 e. The molecular weight excluding hydrogens is 446 g/mol. The van der Waals surface area contributed by atoms with Gasteiger partial charge in [-0.2, -0.15) is 0 Å². The number of hydrogen-bond acceptors (Lipinski definition) is 6. The molecule has 9 nitrogen and oxygen atoms in total. The van der Waals surface area contributed by atoms with E-state index in [1.807, 2.05) is 30.3 Å². The van der Waals surface area contributed by atoms with Gasteiger partial charge >= 0.3 is 0 Å². The van der Waals surface area contributed by atoms with E-state index in [4.69, 9.17) is 16.7 Å². The van der Waals surface area contributed by atoms with Crippen molar-refractivity contribution in [3.8, 4) is 11.8 Å². The lowest BCUT2D eigenvalue weighted by molar-refractivity contribution is -0.132. The summed E-state index contributed by atoms with van der Waals surface area (Å²) in [6.45, 7) is -0.297. The number of hydroxylamine groups is 1. The standard InChI is InChI=1S/C26H25N5O4/c27-16-23(26(34)30-35)31(24(32)17-29-21-4-2-1-3-5-21)22-14-10-19(11-15-22)7-6-18-8-12-20(13-9-18)25(28)33/h1-5,8-15,23,29,35H,16-17,27H2,(H2,28,33)(H,30,34)/t23-/m0/s1. The highest BCUT2D eigenvalue weighted by Gasteiger charge is 2.30. The van der Waals surface area contributed by atoms with E-state index in [9.17, 15) is 14.4 Å². The third-order valence-corrected chi connectivity index (χ3v) is 5.10. The van der Waals surface area contributed by atoms with Gasteiger partial charge in [0.15, 0.2) is 0 Å². The van der Waals surface area contributed by atoms with Crippen molar-refractivity contribution in [3.63, 3.8) is 0 Å². The van der Waals surface area contributed by atoms with Gasteiger partial charge in [-0.25, -0.2) is 5.48 Å². The Balaban J connectivity index is 1.81. The molecule has 35 heavy (non-hydrogen) atoms. The maximum absolute atomic E-state index is 13.1. The zero-order valence-electron chi connectivity index (χ0n) is 18.8. The van der Waals surface area contributed by atoms with Gasteiger partial charge in [0.1, 0.15) is 6.04 Å². The number of primary amides is 1. The molecule has 3 aromatic carbocycles. The fraction of sp³-hybridized carbons (Fsp3) is 0.115. The summed E-state index contributed by atoms with van der Waals surface area (Å²) in [6.07, 6.45) is 0. The molecule has 0 unspecified atom stereocenters. The van der Waals surface area contributed by atoms with Crippen LogP contribution < -0.4 is 27.2 Å². The third kappa shape index (κ3) is 6.68. The number of amides is 3. The second-order valence-corrected chi connectivity index (χ2v) is 7.45. The number of anilines is 2. The molecule has 178 valence electrons. The molecule has 9 heteroatoms. The van der Waals surface area contributed by atoms with Crippen LogP contribution in [0, 0.1) is 11.8 Å². The predicted octanol–water partition coefficient (Wildman–Crippen LogP) is 1.46. The van der Waals surface area contributed by atoms with Crippen molar-refractivity contribution in [2.24, 2.45) is 11.5 Å². The minimum absolute atomic E-state index is 0.0952. The molecule has 0 saturated carbocycles. The number of nitrogens with zero attached hydrogens (tertiary/aromatic N) is 1. The number of nitrogens with two attached hydrogens (primary N) is 2. The number of carbonyl (C=O) groups is 3. The molecule has 0 bridgehead atoms. The fourth-order valence-electron chi connectivity index (χ4n) is 3.29. The minimum Gasteiger partial charge on any atom is -0.376 e. The molecule has 0 heterocycles. The van der Waals surface area contributed by atoms with Crippen molar-refractivity contribution in [2.45, 2.75) is 6.04 Å². The first kappa shape index (κ1) is 25.0. The first-order valence-electron chi connectivity index (χ1n) is 10.7. The SMILES string of the molecule is NC[C@@H](C(=O)NO)N(C(=O)CNc1ccccc1)c1ccc(C#Cc2ccc(C(N)=O)cc2)cc1. The van der Waals surface area contributed by atoms with Crippen molar-refractivity contribution < 1.29 is 19.6 Å². The van der Waals surface area contributed by atoms with Gasteiger partial charge in [-0.05, 0) is 60.7 Å². The summed E-state index contributed by atoms with van der Waals surface area (Å²) in [4.78, 5) is 37.7. The van der Waals surface area contributed by atoms with Crippen LogP contribution in [0.15, 0.2) is 78.9 Å². The van der Waals surface area contributed by atoms with E-state index in [1.165, 1.54) is 4.90 Å². The van der Waals surface area contributed by atoms with Crippen LogP contribution in [0.2, 0.25) is 0 Å². The molecule has 3 amide bonds. The molecule has 0 aliphatic heterocycles. The average molecular weight is 472 g/mol. The summed E-state index contributed by atoms with van der Waals surface area (Å²) >= 11 is 0. The minimum atomic E-state index is -1.12. The second kappa shape index (κ2) is 12.0. The highest BCUT2D eigenvalue weighted by Crippen LogP contribution is 2.19. The molecule has 0 fully saturated rings. The van der Waals surface area contributed by atoms with Crippen molar-refractivity contribution in [1.82, 2.24) is 5.48 Å². The highest BCUT2D eigenvalue weighted by molar-refractivity contribution is 6.02. The maximum atomic E-state index is 13.1. The largest absolute Gasteiger partial charge is 0.376 e. The zero-order chi connectivity index (χ0) is 25.2. The van der Waals surface area contributed by atoms with Crippen molar-refractivity contribution in [1.29, 1.82) is 0 Å². The molecule has 0 aliphatic rings. The van der Waals surface area contributed by atoms with E-state index >= 15 is 0 Å². The Morgan fingerprint density at radius 3 is 1.97 bits per heavy atom. The van der Waals surface area contributed by atoms with Crippen LogP contribution in [0.3, 0.4) is 0 Å². The Labute approximate surface area is 202 Å². The summed E-state index contributed by atoms with van der Waals surface area (Å²) < 4.78 is 0. The summed E-state index contributed by atoms with van der Waals surface area (Å²) in [5, 5.41) is 12.2. The molecular formula is C26H25N5O4. The fourth-order valence-corrected chi connectivity index (χ4v) is 3.29. The van der Waals surface area contributed by atoms with Gasteiger partial charge in [-0.3, -0.25) is 24.5 Å². The predicted molar refractivity (Wildman–Crippen MR) is 133 cm³/mol. The summed E-state index contributed by atoms with van der Waals surface area (Å²) in [5.41, 5.74) is 15.5. The monoisotopic (exact) mass is 471 g/mol. The zero-order valence-corrected chi connectivity index (χ0v) is 18.8. The van der Waals surface area contributed by atoms with E-state index < -0.39 is 23.8 Å². The topological polar surface area (TPSA) is 151 Å². The Bertz CT molecular complexity index is 1230. The second-order valence-electron chi connectivity index (χ2n) is 7.45. The summed E-state index contributed by atoms with van der Waals surface area (Å²) in [7, 11) is 0. The van der Waals surface area contributed by atoms with Crippen molar-refractivity contribution >= 4 is 29.1 Å². The summed E-state index contributed by atoms with van der Waals surface area (Å²) in [5.74, 6) is 4.26. The van der Waals surface area contributed by atoms with Crippen LogP contribution in [-0.4, -0.2) is 42.1 Å². The van der Waals surface area contributed by atoms with Gasteiger partial charge in [0.25, 0.3) is 5.91 Å².